The normalized spacial score (nSPS) is 17.4. The van der Waals surface area contributed by atoms with Gasteiger partial charge in [0.05, 0.1) is 27.5 Å². The van der Waals surface area contributed by atoms with Crippen molar-refractivity contribution in [2.75, 3.05) is 18.4 Å². The molecule has 0 radical (unpaired) electrons. The first-order valence-corrected chi connectivity index (χ1v) is 15.6. The van der Waals surface area contributed by atoms with Gasteiger partial charge >= 0.3 is 12.3 Å². The summed E-state index contributed by atoms with van der Waals surface area (Å²) in [4.78, 5) is 25.5. The van der Waals surface area contributed by atoms with Crippen LogP contribution >= 0.6 is 0 Å². The molecule has 5 aromatic rings. The maximum atomic E-state index is 14.4. The summed E-state index contributed by atoms with van der Waals surface area (Å²) >= 11 is 0. The Kier molecular flexibility index (Phi) is 7.70. The first kappa shape index (κ1) is 31.0. The van der Waals surface area contributed by atoms with E-state index in [-0.39, 0.29) is 39.9 Å². The minimum Gasteiger partial charge on any atom is -0.465 e. The summed E-state index contributed by atoms with van der Waals surface area (Å²) in [5, 5.41) is 16.5. The van der Waals surface area contributed by atoms with Gasteiger partial charge in [-0.05, 0) is 50.5 Å². The SMILES string of the molecule is Cc1noc(C)c1-c1ccc2c(-c3nc(NC4CN(C(=O)O)CCC4C)ncc3C(F)(F)F)cn(S(=O)(=O)c3ccccc3)c2n1. The molecule has 16 heteroatoms. The van der Waals surface area contributed by atoms with Crippen molar-refractivity contribution in [3.05, 3.63) is 71.9 Å². The summed E-state index contributed by atoms with van der Waals surface area (Å²) in [6.45, 7) is 5.66. The van der Waals surface area contributed by atoms with E-state index in [2.05, 4.69) is 25.4 Å². The van der Waals surface area contributed by atoms with Crippen molar-refractivity contribution in [2.24, 2.45) is 5.92 Å². The van der Waals surface area contributed by atoms with Gasteiger partial charge in [0.15, 0.2) is 5.65 Å². The molecule has 0 spiro atoms. The zero-order valence-corrected chi connectivity index (χ0v) is 25.6. The number of halogens is 3. The Morgan fingerprint density at radius 2 is 1.85 bits per heavy atom. The molecule has 12 nitrogen and oxygen atoms in total. The monoisotopic (exact) mass is 655 g/mol. The number of benzene rings is 1. The zero-order valence-electron chi connectivity index (χ0n) is 24.8. The molecule has 0 bridgehead atoms. The number of nitrogens with zero attached hydrogens (tertiary/aromatic N) is 6. The second-order valence-electron chi connectivity index (χ2n) is 11.1. The number of anilines is 1. The van der Waals surface area contributed by atoms with E-state index in [0.717, 1.165) is 10.2 Å². The topological polar surface area (TPSA) is 156 Å². The number of hydrogen-bond donors (Lipinski definition) is 2. The lowest BCUT2D eigenvalue weighted by Gasteiger charge is -2.36. The fourth-order valence-electron chi connectivity index (χ4n) is 5.60. The Morgan fingerprint density at radius 3 is 2.50 bits per heavy atom. The van der Waals surface area contributed by atoms with Crippen molar-refractivity contribution in [3.63, 3.8) is 0 Å². The Hall–Kier alpha value is -4.99. The highest BCUT2D eigenvalue weighted by Crippen LogP contribution is 2.41. The molecule has 0 saturated carbocycles. The number of fused-ring (bicyclic) bond motifs is 1. The maximum absolute atomic E-state index is 14.4. The average Bonchev–Trinajstić information content (AvgIpc) is 3.57. The molecule has 2 N–H and O–H groups in total. The molecule has 4 aromatic heterocycles. The smallest absolute Gasteiger partial charge is 0.419 e. The summed E-state index contributed by atoms with van der Waals surface area (Å²) in [6.07, 6.45) is -3.77. The fraction of sp³-hybridized carbons (Fsp3) is 0.300. The van der Waals surface area contributed by atoms with E-state index in [9.17, 15) is 31.5 Å². The van der Waals surface area contributed by atoms with Crippen LogP contribution in [0.3, 0.4) is 0 Å². The van der Waals surface area contributed by atoms with E-state index >= 15 is 0 Å². The van der Waals surface area contributed by atoms with E-state index in [1.807, 2.05) is 6.92 Å². The number of likely N-dealkylation sites (tertiary alicyclic amines) is 1. The Labute approximate surface area is 260 Å². The summed E-state index contributed by atoms with van der Waals surface area (Å²) in [5.74, 6) is 0.229. The van der Waals surface area contributed by atoms with E-state index in [1.165, 1.54) is 35.2 Å². The molecular weight excluding hydrogens is 627 g/mol. The highest BCUT2D eigenvalue weighted by atomic mass is 32.2. The van der Waals surface area contributed by atoms with Gasteiger partial charge in [-0.2, -0.15) is 13.2 Å². The van der Waals surface area contributed by atoms with Crippen LogP contribution in [0.5, 0.6) is 0 Å². The number of carboxylic acid groups (broad SMARTS) is 1. The molecule has 1 aliphatic rings. The van der Waals surface area contributed by atoms with Crippen LogP contribution in [0.2, 0.25) is 0 Å². The minimum absolute atomic E-state index is 0.0326. The summed E-state index contributed by atoms with van der Waals surface area (Å²) < 4.78 is 77.3. The van der Waals surface area contributed by atoms with Gasteiger partial charge in [0.2, 0.25) is 5.95 Å². The number of amides is 1. The molecule has 1 fully saturated rings. The lowest BCUT2D eigenvalue weighted by molar-refractivity contribution is -0.137. The van der Waals surface area contributed by atoms with Gasteiger partial charge in [0, 0.05) is 42.5 Å². The van der Waals surface area contributed by atoms with Gasteiger partial charge in [0.1, 0.15) is 11.3 Å². The van der Waals surface area contributed by atoms with Gasteiger partial charge in [-0.3, -0.25) is 0 Å². The van der Waals surface area contributed by atoms with Gasteiger partial charge in [0.25, 0.3) is 10.0 Å². The predicted octanol–water partition coefficient (Wildman–Crippen LogP) is 5.82. The quantitative estimate of drug-likeness (QED) is 0.228. The van der Waals surface area contributed by atoms with E-state index < -0.39 is 39.6 Å². The highest BCUT2D eigenvalue weighted by Gasteiger charge is 2.38. The van der Waals surface area contributed by atoms with E-state index in [0.29, 0.717) is 41.9 Å². The zero-order chi connectivity index (χ0) is 33.0. The lowest BCUT2D eigenvalue weighted by atomic mass is 9.94. The van der Waals surface area contributed by atoms with Crippen molar-refractivity contribution in [1.82, 2.24) is 29.0 Å². The molecule has 5 heterocycles. The maximum Gasteiger partial charge on any atom is 0.419 e. The lowest BCUT2D eigenvalue weighted by Crippen LogP contribution is -2.48. The van der Waals surface area contributed by atoms with Crippen LogP contribution in [0, 0.1) is 19.8 Å². The molecule has 1 amide bonds. The standard InChI is InChI=1S/C30H28F3N7O5S/c1-16-11-12-39(29(41)42)15-24(16)36-28-34-13-22(30(31,32)33)26(37-28)21-14-40(46(43,44)19-7-5-4-6-8-19)27-20(21)9-10-23(35-27)25-17(2)38-45-18(25)3/h4-10,13-14,16,24H,11-12,15H2,1-3H3,(H,41,42)(H,34,36,37). The largest absolute Gasteiger partial charge is 0.465 e. The van der Waals surface area contributed by atoms with Crippen LogP contribution in [-0.4, -0.2) is 67.7 Å². The fourth-order valence-corrected chi connectivity index (χ4v) is 6.94. The molecule has 46 heavy (non-hydrogen) atoms. The van der Waals surface area contributed by atoms with Crippen molar-refractivity contribution in [1.29, 1.82) is 0 Å². The first-order chi connectivity index (χ1) is 21.8. The van der Waals surface area contributed by atoms with Gasteiger partial charge in [-0.1, -0.05) is 30.3 Å². The Bertz CT molecular complexity index is 2040. The van der Waals surface area contributed by atoms with Gasteiger partial charge in [-0.15, -0.1) is 0 Å². The number of pyridine rings is 1. The highest BCUT2D eigenvalue weighted by molar-refractivity contribution is 7.90. The van der Waals surface area contributed by atoms with Crippen LogP contribution in [0.1, 0.15) is 30.4 Å². The Balaban J connectivity index is 1.56. The second kappa shape index (κ2) is 11.4. The number of piperidine rings is 1. The van der Waals surface area contributed by atoms with Crippen molar-refractivity contribution < 1.29 is 36.0 Å². The molecule has 2 atom stereocenters. The van der Waals surface area contributed by atoms with Crippen LogP contribution in [0.15, 0.2) is 64.3 Å². The van der Waals surface area contributed by atoms with E-state index in [4.69, 9.17) is 4.52 Å². The molecule has 6 rings (SSSR count). The molecule has 0 aliphatic carbocycles. The number of aromatic nitrogens is 5. The van der Waals surface area contributed by atoms with Crippen LogP contribution < -0.4 is 5.32 Å². The Morgan fingerprint density at radius 1 is 1.11 bits per heavy atom. The average molecular weight is 656 g/mol. The van der Waals surface area contributed by atoms with Crippen LogP contribution in [0.25, 0.3) is 33.5 Å². The van der Waals surface area contributed by atoms with Crippen molar-refractivity contribution >= 4 is 33.1 Å². The molecule has 240 valence electrons. The number of rotatable bonds is 6. The van der Waals surface area contributed by atoms with Crippen molar-refractivity contribution in [3.8, 4) is 22.5 Å². The van der Waals surface area contributed by atoms with Gasteiger partial charge < -0.3 is 19.8 Å². The minimum atomic E-state index is -4.90. The third-order valence-electron chi connectivity index (χ3n) is 8.10. The summed E-state index contributed by atoms with van der Waals surface area (Å²) in [5.41, 5.74) is -0.694. The van der Waals surface area contributed by atoms with Crippen molar-refractivity contribution in [2.45, 2.75) is 44.3 Å². The molecule has 1 aliphatic heterocycles. The number of alkyl halides is 3. The third-order valence-corrected chi connectivity index (χ3v) is 9.77. The van der Waals surface area contributed by atoms with Crippen LogP contribution in [-0.2, 0) is 16.2 Å². The molecule has 1 saturated heterocycles. The third kappa shape index (κ3) is 5.52. The number of aryl methyl sites for hydroxylation is 2. The predicted molar refractivity (Wildman–Crippen MR) is 161 cm³/mol. The molecule has 2 unspecified atom stereocenters. The second-order valence-corrected chi connectivity index (χ2v) is 12.9. The number of nitrogens with one attached hydrogen (secondary N) is 1. The number of carbonyl (C=O) groups is 1. The van der Waals surface area contributed by atoms with E-state index in [1.54, 1.807) is 26.0 Å². The summed E-state index contributed by atoms with van der Waals surface area (Å²) in [7, 11) is -4.35. The number of hydrogen-bond acceptors (Lipinski definition) is 9. The van der Waals surface area contributed by atoms with Crippen LogP contribution in [0.4, 0.5) is 23.9 Å². The summed E-state index contributed by atoms with van der Waals surface area (Å²) in [6, 6.07) is 10.0. The van der Waals surface area contributed by atoms with Gasteiger partial charge in [-0.25, -0.2) is 32.1 Å². The molecular formula is C30H28F3N7O5S. The first-order valence-electron chi connectivity index (χ1n) is 14.2. The molecule has 1 aromatic carbocycles.